The Morgan fingerprint density at radius 3 is 2.58 bits per heavy atom. The van der Waals surface area contributed by atoms with Crippen molar-refractivity contribution in [1.29, 1.82) is 0 Å². The van der Waals surface area contributed by atoms with Crippen LogP contribution in [0.15, 0.2) is 18.2 Å². The van der Waals surface area contributed by atoms with E-state index < -0.39 is 0 Å². The van der Waals surface area contributed by atoms with E-state index in [2.05, 4.69) is 10.2 Å². The minimum absolute atomic E-state index is 0. The summed E-state index contributed by atoms with van der Waals surface area (Å²) < 4.78 is 10.8. The second-order valence-corrected chi connectivity index (χ2v) is 6.32. The lowest BCUT2D eigenvalue weighted by Crippen LogP contribution is -2.40. The highest BCUT2D eigenvalue weighted by Gasteiger charge is 2.35. The molecule has 0 saturated carbocycles. The second kappa shape index (κ2) is 8.58. The summed E-state index contributed by atoms with van der Waals surface area (Å²) in [7, 11) is 3.32. The van der Waals surface area contributed by atoms with Gasteiger partial charge in [-0.3, -0.25) is 4.79 Å². The van der Waals surface area contributed by atoms with Crippen LogP contribution in [-0.2, 0) is 4.79 Å². The molecule has 134 valence electrons. The van der Waals surface area contributed by atoms with Gasteiger partial charge in [-0.1, -0.05) is 0 Å². The van der Waals surface area contributed by atoms with Crippen LogP contribution in [0.4, 0.5) is 0 Å². The predicted octanol–water partition coefficient (Wildman–Crippen LogP) is 2.79. The van der Waals surface area contributed by atoms with Gasteiger partial charge >= 0.3 is 0 Å². The van der Waals surface area contributed by atoms with Crippen molar-refractivity contribution in [2.75, 3.05) is 33.9 Å². The van der Waals surface area contributed by atoms with Crippen LogP contribution in [0.5, 0.6) is 11.5 Å². The summed E-state index contributed by atoms with van der Waals surface area (Å²) in [4.78, 5) is 15.0. The van der Waals surface area contributed by atoms with Crippen molar-refractivity contribution >= 4 is 18.3 Å². The molecule has 1 aromatic carbocycles. The first-order chi connectivity index (χ1) is 11.2. The average molecular weight is 355 g/mol. The Bertz CT molecular complexity index is 561. The summed E-state index contributed by atoms with van der Waals surface area (Å²) in [6.07, 6.45) is 3.94. The molecule has 2 aliphatic rings. The van der Waals surface area contributed by atoms with Gasteiger partial charge in [0, 0.05) is 24.1 Å². The van der Waals surface area contributed by atoms with E-state index in [4.69, 9.17) is 9.47 Å². The van der Waals surface area contributed by atoms with Gasteiger partial charge in [-0.15, -0.1) is 12.4 Å². The van der Waals surface area contributed by atoms with Crippen molar-refractivity contribution in [3.8, 4) is 11.5 Å². The van der Waals surface area contributed by atoms with E-state index in [9.17, 15) is 4.79 Å². The summed E-state index contributed by atoms with van der Waals surface area (Å²) in [6, 6.07) is 6.01. The quantitative estimate of drug-likeness (QED) is 0.903. The van der Waals surface area contributed by atoms with Crippen molar-refractivity contribution in [2.45, 2.75) is 31.7 Å². The zero-order valence-electron chi connectivity index (χ0n) is 14.4. The number of methoxy groups -OCH3 is 2. The molecule has 0 aliphatic carbocycles. The first-order valence-electron chi connectivity index (χ1n) is 8.47. The molecule has 1 amide bonds. The van der Waals surface area contributed by atoms with Crippen LogP contribution in [0.1, 0.15) is 37.3 Å². The molecule has 0 radical (unpaired) electrons. The van der Waals surface area contributed by atoms with Crippen molar-refractivity contribution < 1.29 is 14.3 Å². The van der Waals surface area contributed by atoms with Crippen molar-refractivity contribution in [3.63, 3.8) is 0 Å². The summed E-state index contributed by atoms with van der Waals surface area (Å²) in [6.45, 7) is 2.74. The maximum absolute atomic E-state index is 12.9. The monoisotopic (exact) mass is 354 g/mol. The van der Waals surface area contributed by atoms with Gasteiger partial charge in [0.15, 0.2) is 0 Å². The smallest absolute Gasteiger partial charge is 0.226 e. The number of halogens is 1. The lowest BCUT2D eigenvalue weighted by atomic mass is 9.95. The van der Waals surface area contributed by atoms with Gasteiger partial charge in [-0.05, 0) is 50.9 Å². The molecule has 5 nitrogen and oxygen atoms in total. The van der Waals surface area contributed by atoms with Crippen LogP contribution in [0.3, 0.4) is 0 Å². The zero-order chi connectivity index (χ0) is 16.2. The highest BCUT2D eigenvalue weighted by atomic mass is 35.5. The number of carbonyl (C=O) groups excluding carboxylic acids is 1. The standard InChI is InChI=1S/C18H26N2O3.ClH/c1-22-14-5-6-15(17(12-14)23-2)16-4-3-11-20(16)18(21)13-7-9-19-10-8-13;/h5-6,12-13,16,19H,3-4,7-11H2,1-2H3;1H. The van der Waals surface area contributed by atoms with E-state index >= 15 is 0 Å². The molecule has 1 N–H and O–H groups in total. The SMILES string of the molecule is COc1ccc(C2CCCN2C(=O)C2CCNCC2)c(OC)c1.Cl. The molecule has 2 saturated heterocycles. The van der Waals surface area contributed by atoms with Gasteiger partial charge in [0.25, 0.3) is 0 Å². The van der Waals surface area contributed by atoms with Crippen molar-refractivity contribution in [3.05, 3.63) is 23.8 Å². The predicted molar refractivity (Wildman–Crippen MR) is 96.1 cm³/mol. The van der Waals surface area contributed by atoms with E-state index in [0.29, 0.717) is 5.91 Å². The molecule has 6 heteroatoms. The van der Waals surface area contributed by atoms with Crippen LogP contribution in [0.2, 0.25) is 0 Å². The van der Waals surface area contributed by atoms with E-state index in [0.717, 1.165) is 62.4 Å². The number of nitrogens with one attached hydrogen (secondary N) is 1. The number of ether oxygens (including phenoxy) is 2. The maximum atomic E-state index is 12.9. The Labute approximate surface area is 150 Å². The zero-order valence-corrected chi connectivity index (χ0v) is 15.2. The Morgan fingerprint density at radius 2 is 1.92 bits per heavy atom. The Morgan fingerprint density at radius 1 is 1.17 bits per heavy atom. The van der Waals surface area contributed by atoms with Crippen LogP contribution in [-0.4, -0.2) is 44.7 Å². The van der Waals surface area contributed by atoms with Gasteiger partial charge in [0.05, 0.1) is 20.3 Å². The number of nitrogens with zero attached hydrogens (tertiary/aromatic N) is 1. The molecule has 1 atom stereocenters. The number of carbonyl (C=O) groups is 1. The highest BCUT2D eigenvalue weighted by molar-refractivity contribution is 5.85. The van der Waals surface area contributed by atoms with Gasteiger partial charge in [-0.25, -0.2) is 0 Å². The third kappa shape index (κ3) is 3.78. The van der Waals surface area contributed by atoms with E-state index in [1.807, 2.05) is 18.2 Å². The molecule has 0 aromatic heterocycles. The maximum Gasteiger partial charge on any atom is 0.226 e. The summed E-state index contributed by atoms with van der Waals surface area (Å²) in [5, 5.41) is 3.33. The fraction of sp³-hybridized carbons (Fsp3) is 0.611. The molecule has 1 unspecified atom stereocenters. The number of likely N-dealkylation sites (tertiary alicyclic amines) is 1. The number of hydrogen-bond donors (Lipinski definition) is 1. The largest absolute Gasteiger partial charge is 0.497 e. The molecule has 0 spiro atoms. The first-order valence-corrected chi connectivity index (χ1v) is 8.47. The molecule has 2 fully saturated rings. The van der Waals surface area contributed by atoms with Gasteiger partial charge in [0.2, 0.25) is 5.91 Å². The minimum atomic E-state index is 0. The highest BCUT2D eigenvalue weighted by Crippen LogP contribution is 2.39. The summed E-state index contributed by atoms with van der Waals surface area (Å²) in [5.41, 5.74) is 1.09. The lowest BCUT2D eigenvalue weighted by molar-refractivity contribution is -0.137. The van der Waals surface area contributed by atoms with Crippen LogP contribution in [0, 0.1) is 5.92 Å². The molecular formula is C18H27ClN2O3. The van der Waals surface area contributed by atoms with Gasteiger partial charge in [0.1, 0.15) is 11.5 Å². The van der Waals surface area contributed by atoms with E-state index in [-0.39, 0.29) is 24.4 Å². The second-order valence-electron chi connectivity index (χ2n) is 6.32. The summed E-state index contributed by atoms with van der Waals surface area (Å²) >= 11 is 0. The molecule has 2 aliphatic heterocycles. The Hall–Kier alpha value is -1.46. The van der Waals surface area contributed by atoms with Gasteiger partial charge < -0.3 is 19.7 Å². The van der Waals surface area contributed by atoms with Crippen LogP contribution >= 0.6 is 12.4 Å². The van der Waals surface area contributed by atoms with Crippen molar-refractivity contribution in [1.82, 2.24) is 10.2 Å². The molecule has 1 aromatic rings. The molecule has 0 bridgehead atoms. The third-order valence-corrected chi connectivity index (χ3v) is 5.02. The van der Waals surface area contributed by atoms with Crippen LogP contribution < -0.4 is 14.8 Å². The number of piperidine rings is 1. The number of amides is 1. The first kappa shape index (κ1) is 18.9. The number of rotatable bonds is 4. The fourth-order valence-corrected chi connectivity index (χ4v) is 3.75. The fourth-order valence-electron chi connectivity index (χ4n) is 3.75. The van der Waals surface area contributed by atoms with Crippen LogP contribution in [0.25, 0.3) is 0 Å². The normalized spacial score (nSPS) is 21.2. The molecule has 24 heavy (non-hydrogen) atoms. The molecule has 2 heterocycles. The molecule has 3 rings (SSSR count). The third-order valence-electron chi connectivity index (χ3n) is 5.02. The Kier molecular flexibility index (Phi) is 6.75. The summed E-state index contributed by atoms with van der Waals surface area (Å²) in [5.74, 6) is 2.06. The topological polar surface area (TPSA) is 50.8 Å². The number of hydrogen-bond acceptors (Lipinski definition) is 4. The lowest BCUT2D eigenvalue weighted by Gasteiger charge is -2.31. The average Bonchev–Trinajstić information content (AvgIpc) is 3.10. The van der Waals surface area contributed by atoms with E-state index in [1.54, 1.807) is 14.2 Å². The number of benzene rings is 1. The van der Waals surface area contributed by atoms with E-state index in [1.165, 1.54) is 0 Å². The van der Waals surface area contributed by atoms with Crippen molar-refractivity contribution in [2.24, 2.45) is 5.92 Å². The molecular weight excluding hydrogens is 328 g/mol. The Balaban J connectivity index is 0.00000208. The van der Waals surface area contributed by atoms with Gasteiger partial charge in [-0.2, -0.15) is 0 Å². The minimum Gasteiger partial charge on any atom is -0.497 e.